The van der Waals surface area contributed by atoms with Gasteiger partial charge in [-0.15, -0.1) is 0 Å². The molecule has 0 bridgehead atoms. The van der Waals surface area contributed by atoms with Gasteiger partial charge in [0.05, 0.1) is 12.7 Å². The summed E-state index contributed by atoms with van der Waals surface area (Å²) in [5.41, 5.74) is 1.29. The lowest BCUT2D eigenvalue weighted by Gasteiger charge is -2.35. The molecule has 3 rings (SSSR count). The number of esters is 1. The molecule has 2 aromatic rings. The Morgan fingerprint density at radius 1 is 1.11 bits per heavy atom. The standard InChI is InChI=1S/C20H23N3O4/c1-15-6-7-16(13-17(15)26-2)20(25)27-14-19(24)23-11-9-22(10-12-23)18-5-3-4-8-21-18/h3-8,13H,9-12,14H2,1-2H3. The lowest BCUT2D eigenvalue weighted by Crippen LogP contribution is -2.50. The van der Waals surface area contributed by atoms with E-state index in [4.69, 9.17) is 9.47 Å². The van der Waals surface area contributed by atoms with Crippen molar-refractivity contribution in [2.75, 3.05) is 44.8 Å². The lowest BCUT2D eigenvalue weighted by molar-refractivity contribution is -0.134. The second-order valence-corrected chi connectivity index (χ2v) is 6.32. The fraction of sp³-hybridized carbons (Fsp3) is 0.350. The van der Waals surface area contributed by atoms with E-state index in [9.17, 15) is 9.59 Å². The number of hydrogen-bond donors (Lipinski definition) is 0. The maximum absolute atomic E-state index is 12.3. The molecule has 27 heavy (non-hydrogen) atoms. The van der Waals surface area contributed by atoms with E-state index in [2.05, 4.69) is 9.88 Å². The third-order valence-corrected chi connectivity index (χ3v) is 4.58. The van der Waals surface area contributed by atoms with Crippen LogP contribution in [0.2, 0.25) is 0 Å². The van der Waals surface area contributed by atoms with Crippen LogP contribution in [-0.2, 0) is 9.53 Å². The van der Waals surface area contributed by atoms with E-state index in [1.165, 1.54) is 0 Å². The van der Waals surface area contributed by atoms with E-state index in [1.54, 1.807) is 36.4 Å². The summed E-state index contributed by atoms with van der Waals surface area (Å²) in [6.45, 7) is 4.18. The van der Waals surface area contributed by atoms with Crippen LogP contribution in [0.1, 0.15) is 15.9 Å². The van der Waals surface area contributed by atoms with Crippen molar-refractivity contribution in [1.82, 2.24) is 9.88 Å². The van der Waals surface area contributed by atoms with Gasteiger partial charge in [-0.2, -0.15) is 0 Å². The number of anilines is 1. The molecule has 1 aliphatic heterocycles. The van der Waals surface area contributed by atoms with Gasteiger partial charge in [-0.1, -0.05) is 12.1 Å². The third-order valence-electron chi connectivity index (χ3n) is 4.58. The first-order valence-corrected chi connectivity index (χ1v) is 8.84. The van der Waals surface area contributed by atoms with Crippen molar-refractivity contribution in [3.8, 4) is 5.75 Å². The van der Waals surface area contributed by atoms with Gasteiger partial charge in [0.15, 0.2) is 6.61 Å². The zero-order valence-electron chi connectivity index (χ0n) is 15.6. The van der Waals surface area contributed by atoms with Crippen LogP contribution in [0.5, 0.6) is 5.75 Å². The van der Waals surface area contributed by atoms with E-state index in [0.717, 1.165) is 11.4 Å². The first-order valence-electron chi connectivity index (χ1n) is 8.84. The number of carbonyl (C=O) groups excluding carboxylic acids is 2. The Hall–Kier alpha value is -3.09. The number of rotatable bonds is 5. The molecule has 142 valence electrons. The number of aryl methyl sites for hydroxylation is 1. The van der Waals surface area contributed by atoms with Crippen LogP contribution in [-0.4, -0.2) is 61.7 Å². The minimum Gasteiger partial charge on any atom is -0.496 e. The molecule has 1 amide bonds. The predicted octanol–water partition coefficient (Wildman–Crippen LogP) is 1.90. The van der Waals surface area contributed by atoms with E-state index >= 15 is 0 Å². The molecule has 2 heterocycles. The monoisotopic (exact) mass is 369 g/mol. The number of benzene rings is 1. The molecule has 1 aromatic heterocycles. The average molecular weight is 369 g/mol. The highest BCUT2D eigenvalue weighted by Gasteiger charge is 2.23. The lowest BCUT2D eigenvalue weighted by atomic mass is 10.1. The number of methoxy groups -OCH3 is 1. The summed E-state index contributed by atoms with van der Waals surface area (Å²) in [7, 11) is 1.55. The summed E-state index contributed by atoms with van der Waals surface area (Å²) >= 11 is 0. The van der Waals surface area contributed by atoms with Gasteiger partial charge < -0.3 is 19.3 Å². The summed E-state index contributed by atoms with van der Waals surface area (Å²) in [5.74, 6) is 0.794. The SMILES string of the molecule is COc1cc(C(=O)OCC(=O)N2CCN(c3ccccn3)CC2)ccc1C. The van der Waals surface area contributed by atoms with Gasteiger partial charge in [0.25, 0.3) is 5.91 Å². The molecule has 7 nitrogen and oxygen atoms in total. The van der Waals surface area contributed by atoms with Crippen molar-refractivity contribution in [2.24, 2.45) is 0 Å². The first kappa shape index (κ1) is 18.7. The molecule has 0 aliphatic carbocycles. The smallest absolute Gasteiger partial charge is 0.338 e. The average Bonchev–Trinajstić information content (AvgIpc) is 2.73. The Bertz CT molecular complexity index is 802. The Labute approximate surface area is 158 Å². The fourth-order valence-corrected chi connectivity index (χ4v) is 2.97. The van der Waals surface area contributed by atoms with Crippen LogP contribution in [0, 0.1) is 6.92 Å². The van der Waals surface area contributed by atoms with Crippen molar-refractivity contribution < 1.29 is 19.1 Å². The Balaban J connectivity index is 1.49. The van der Waals surface area contributed by atoms with E-state index in [-0.39, 0.29) is 12.5 Å². The number of ether oxygens (including phenoxy) is 2. The zero-order valence-corrected chi connectivity index (χ0v) is 15.6. The second-order valence-electron chi connectivity index (χ2n) is 6.32. The van der Waals surface area contributed by atoms with E-state index < -0.39 is 5.97 Å². The minimum absolute atomic E-state index is 0.192. The maximum atomic E-state index is 12.3. The molecule has 0 radical (unpaired) electrons. The molecule has 0 N–H and O–H groups in total. The van der Waals surface area contributed by atoms with Crippen molar-refractivity contribution in [3.05, 3.63) is 53.7 Å². The van der Waals surface area contributed by atoms with E-state index in [1.807, 2.05) is 25.1 Å². The molecule has 0 saturated carbocycles. The molecule has 1 aliphatic rings. The molecular weight excluding hydrogens is 346 g/mol. The number of carbonyl (C=O) groups is 2. The van der Waals surface area contributed by atoms with Crippen LogP contribution in [0.25, 0.3) is 0 Å². The molecule has 0 unspecified atom stereocenters. The molecule has 0 atom stereocenters. The molecule has 1 aromatic carbocycles. The molecule has 7 heteroatoms. The van der Waals surface area contributed by atoms with Crippen LogP contribution >= 0.6 is 0 Å². The minimum atomic E-state index is -0.534. The number of amides is 1. The number of pyridine rings is 1. The fourth-order valence-electron chi connectivity index (χ4n) is 2.97. The number of hydrogen-bond acceptors (Lipinski definition) is 6. The van der Waals surface area contributed by atoms with Crippen molar-refractivity contribution >= 4 is 17.7 Å². The van der Waals surface area contributed by atoms with Gasteiger partial charge in [0, 0.05) is 32.4 Å². The van der Waals surface area contributed by atoms with Gasteiger partial charge >= 0.3 is 5.97 Å². The molecule has 0 spiro atoms. The van der Waals surface area contributed by atoms with Gasteiger partial charge in [-0.3, -0.25) is 4.79 Å². The van der Waals surface area contributed by atoms with Gasteiger partial charge in [-0.05, 0) is 36.8 Å². The van der Waals surface area contributed by atoms with Crippen LogP contribution < -0.4 is 9.64 Å². The van der Waals surface area contributed by atoms with Crippen LogP contribution in [0.4, 0.5) is 5.82 Å². The summed E-state index contributed by atoms with van der Waals surface area (Å²) in [5, 5.41) is 0. The number of aromatic nitrogens is 1. The molecule has 1 fully saturated rings. The van der Waals surface area contributed by atoms with Gasteiger partial charge in [0.2, 0.25) is 0 Å². The highest BCUT2D eigenvalue weighted by Crippen LogP contribution is 2.19. The largest absolute Gasteiger partial charge is 0.496 e. The van der Waals surface area contributed by atoms with Crippen molar-refractivity contribution in [2.45, 2.75) is 6.92 Å². The highest BCUT2D eigenvalue weighted by atomic mass is 16.5. The Kier molecular flexibility index (Phi) is 5.90. The Morgan fingerprint density at radius 2 is 1.89 bits per heavy atom. The topological polar surface area (TPSA) is 72.0 Å². The number of piperazine rings is 1. The normalized spacial score (nSPS) is 14.0. The summed E-state index contributed by atoms with van der Waals surface area (Å²) in [6.07, 6.45) is 1.76. The van der Waals surface area contributed by atoms with Gasteiger partial charge in [-0.25, -0.2) is 9.78 Å². The first-order chi connectivity index (χ1) is 13.1. The maximum Gasteiger partial charge on any atom is 0.338 e. The van der Waals surface area contributed by atoms with Gasteiger partial charge in [0.1, 0.15) is 11.6 Å². The zero-order chi connectivity index (χ0) is 19.2. The Morgan fingerprint density at radius 3 is 2.56 bits per heavy atom. The highest BCUT2D eigenvalue weighted by molar-refractivity contribution is 5.91. The van der Waals surface area contributed by atoms with Crippen LogP contribution in [0.3, 0.4) is 0 Å². The van der Waals surface area contributed by atoms with Crippen molar-refractivity contribution in [3.63, 3.8) is 0 Å². The molecular formula is C20H23N3O4. The second kappa shape index (κ2) is 8.53. The molecule has 1 saturated heterocycles. The van der Waals surface area contributed by atoms with E-state index in [0.29, 0.717) is 37.5 Å². The summed E-state index contributed by atoms with van der Waals surface area (Å²) in [6, 6.07) is 10.8. The number of nitrogens with zero attached hydrogens (tertiary/aromatic N) is 3. The van der Waals surface area contributed by atoms with Crippen molar-refractivity contribution in [1.29, 1.82) is 0 Å². The summed E-state index contributed by atoms with van der Waals surface area (Å²) in [4.78, 5) is 32.7. The summed E-state index contributed by atoms with van der Waals surface area (Å²) < 4.78 is 10.4. The quantitative estimate of drug-likeness (QED) is 0.750. The predicted molar refractivity (Wildman–Crippen MR) is 101 cm³/mol. The third kappa shape index (κ3) is 4.55. The van der Waals surface area contributed by atoms with Crippen LogP contribution in [0.15, 0.2) is 42.6 Å².